The van der Waals surface area contributed by atoms with E-state index in [-0.39, 0.29) is 5.41 Å². The molecule has 1 rings (SSSR count). The Labute approximate surface area is 145 Å². The summed E-state index contributed by atoms with van der Waals surface area (Å²) in [5.74, 6) is 1.99. The van der Waals surface area contributed by atoms with E-state index < -0.39 is 0 Å². The first-order chi connectivity index (χ1) is 11.5. The maximum atomic E-state index is 5.55. The van der Waals surface area contributed by atoms with Gasteiger partial charge >= 0.3 is 0 Å². The highest BCUT2D eigenvalue weighted by Crippen LogP contribution is 2.19. The number of aliphatic imine (C=N–C) groups is 1. The zero-order valence-corrected chi connectivity index (χ0v) is 15.8. The Balaban J connectivity index is 2.38. The molecule has 0 aromatic carbocycles. The van der Waals surface area contributed by atoms with Crippen LogP contribution in [0.4, 0.5) is 0 Å². The molecule has 0 saturated carbocycles. The van der Waals surface area contributed by atoms with Crippen LogP contribution in [0.25, 0.3) is 0 Å². The van der Waals surface area contributed by atoms with Crippen LogP contribution >= 0.6 is 0 Å². The third-order valence-electron chi connectivity index (χ3n) is 3.23. The van der Waals surface area contributed by atoms with Crippen LogP contribution in [0.2, 0.25) is 0 Å². The number of nitrogens with zero attached hydrogens (tertiary/aromatic N) is 3. The summed E-state index contributed by atoms with van der Waals surface area (Å²) in [5.41, 5.74) is -0.143. The highest BCUT2D eigenvalue weighted by Gasteiger charge is 2.21. The van der Waals surface area contributed by atoms with E-state index in [0.29, 0.717) is 18.3 Å². The third-order valence-corrected chi connectivity index (χ3v) is 3.23. The lowest BCUT2D eigenvalue weighted by atomic mass is 9.97. The van der Waals surface area contributed by atoms with Gasteiger partial charge in [0.25, 0.3) is 0 Å². The molecule has 0 spiro atoms. The average molecular weight is 339 g/mol. The summed E-state index contributed by atoms with van der Waals surface area (Å²) in [4.78, 5) is 8.89. The normalized spacial score (nSPS) is 12.5. The Morgan fingerprint density at radius 3 is 2.54 bits per heavy atom. The second-order valence-electron chi connectivity index (χ2n) is 6.71. The maximum absolute atomic E-state index is 5.55. The second kappa shape index (κ2) is 11.0. The molecule has 0 unspecified atom stereocenters. The third kappa shape index (κ3) is 8.29. The maximum Gasteiger partial charge on any atom is 0.232 e. The molecule has 7 nitrogen and oxygen atoms in total. The molecule has 0 saturated heterocycles. The molecule has 1 heterocycles. The summed E-state index contributed by atoms with van der Waals surface area (Å²) >= 11 is 0. The molecule has 0 radical (unpaired) electrons. The lowest BCUT2D eigenvalue weighted by molar-refractivity contribution is 0.129. The number of unbranched alkanes of at least 4 members (excludes halogenated alkanes) is 1. The SMILES string of the molecule is CCCCOCCCNC(=NCc1noc(C(C)(C)C)n1)NCC. The van der Waals surface area contributed by atoms with E-state index >= 15 is 0 Å². The molecule has 24 heavy (non-hydrogen) atoms. The largest absolute Gasteiger partial charge is 0.381 e. The van der Waals surface area contributed by atoms with Gasteiger partial charge in [0.1, 0.15) is 6.54 Å². The van der Waals surface area contributed by atoms with Gasteiger partial charge in [-0.05, 0) is 19.8 Å². The van der Waals surface area contributed by atoms with Gasteiger partial charge in [-0.3, -0.25) is 0 Å². The van der Waals surface area contributed by atoms with E-state index in [2.05, 4.69) is 32.7 Å². The van der Waals surface area contributed by atoms with Crippen LogP contribution in [0.15, 0.2) is 9.52 Å². The van der Waals surface area contributed by atoms with Crippen molar-refractivity contribution in [3.05, 3.63) is 11.7 Å². The van der Waals surface area contributed by atoms with Crippen LogP contribution in [0.5, 0.6) is 0 Å². The molecule has 1 aromatic heterocycles. The number of rotatable bonds is 10. The van der Waals surface area contributed by atoms with Crippen LogP contribution in [0.1, 0.15) is 65.6 Å². The fraction of sp³-hybridized carbons (Fsp3) is 0.824. The molecule has 0 fully saturated rings. The van der Waals surface area contributed by atoms with Gasteiger partial charge in [-0.15, -0.1) is 0 Å². The minimum Gasteiger partial charge on any atom is -0.381 e. The summed E-state index contributed by atoms with van der Waals surface area (Å²) in [6.07, 6.45) is 3.24. The first-order valence-corrected chi connectivity index (χ1v) is 8.90. The average Bonchev–Trinajstić information content (AvgIpc) is 3.01. The zero-order chi connectivity index (χ0) is 17.8. The number of hydrogen-bond donors (Lipinski definition) is 2. The molecule has 1 aromatic rings. The summed E-state index contributed by atoms with van der Waals surface area (Å²) in [6, 6.07) is 0. The monoisotopic (exact) mass is 339 g/mol. The Hall–Kier alpha value is -1.63. The molecule has 0 aliphatic rings. The van der Waals surface area contributed by atoms with Gasteiger partial charge in [-0.2, -0.15) is 4.98 Å². The number of ether oxygens (including phenoxy) is 1. The van der Waals surface area contributed by atoms with Crippen molar-refractivity contribution in [1.82, 2.24) is 20.8 Å². The summed E-state index contributed by atoms with van der Waals surface area (Å²) in [5, 5.41) is 10.5. The minimum atomic E-state index is -0.143. The summed E-state index contributed by atoms with van der Waals surface area (Å²) in [7, 11) is 0. The molecular weight excluding hydrogens is 306 g/mol. The van der Waals surface area contributed by atoms with Crippen molar-refractivity contribution in [3.63, 3.8) is 0 Å². The van der Waals surface area contributed by atoms with Gasteiger partial charge in [0.2, 0.25) is 5.89 Å². The van der Waals surface area contributed by atoms with Crippen molar-refractivity contribution in [1.29, 1.82) is 0 Å². The molecule has 0 atom stereocenters. The van der Waals surface area contributed by atoms with Gasteiger partial charge in [-0.25, -0.2) is 4.99 Å². The van der Waals surface area contributed by atoms with Crippen molar-refractivity contribution >= 4 is 5.96 Å². The minimum absolute atomic E-state index is 0.143. The summed E-state index contributed by atoms with van der Waals surface area (Å²) in [6.45, 7) is 14.0. The molecule has 2 N–H and O–H groups in total. The quantitative estimate of drug-likeness (QED) is 0.387. The zero-order valence-electron chi connectivity index (χ0n) is 15.8. The molecule has 0 aliphatic heterocycles. The van der Waals surface area contributed by atoms with E-state index in [1.165, 1.54) is 6.42 Å². The smallest absolute Gasteiger partial charge is 0.232 e. The van der Waals surface area contributed by atoms with Gasteiger partial charge in [0.05, 0.1) is 0 Å². The Morgan fingerprint density at radius 2 is 1.92 bits per heavy atom. The van der Waals surface area contributed by atoms with E-state index in [9.17, 15) is 0 Å². The first kappa shape index (κ1) is 20.4. The Morgan fingerprint density at radius 1 is 1.17 bits per heavy atom. The highest BCUT2D eigenvalue weighted by molar-refractivity contribution is 5.79. The van der Waals surface area contributed by atoms with E-state index in [4.69, 9.17) is 9.26 Å². The number of hydrogen-bond acceptors (Lipinski definition) is 5. The van der Waals surface area contributed by atoms with Crippen molar-refractivity contribution < 1.29 is 9.26 Å². The van der Waals surface area contributed by atoms with Gasteiger partial charge in [-0.1, -0.05) is 39.3 Å². The molecule has 138 valence electrons. The predicted molar refractivity (Wildman–Crippen MR) is 96.2 cm³/mol. The van der Waals surface area contributed by atoms with Crippen molar-refractivity contribution in [3.8, 4) is 0 Å². The summed E-state index contributed by atoms with van der Waals surface area (Å²) < 4.78 is 10.8. The van der Waals surface area contributed by atoms with Crippen molar-refractivity contribution in [2.24, 2.45) is 4.99 Å². The Bertz CT molecular complexity index is 480. The van der Waals surface area contributed by atoms with Gasteiger partial charge < -0.3 is 19.9 Å². The molecular formula is C17H33N5O2. The molecule has 7 heteroatoms. The lowest BCUT2D eigenvalue weighted by Gasteiger charge is -2.11. The van der Waals surface area contributed by atoms with Crippen molar-refractivity contribution in [2.75, 3.05) is 26.3 Å². The van der Waals surface area contributed by atoms with Crippen LogP contribution in [0.3, 0.4) is 0 Å². The lowest BCUT2D eigenvalue weighted by Crippen LogP contribution is -2.38. The standard InChI is InChI=1S/C17H33N5O2/c1-6-8-11-23-12-9-10-19-16(18-7-2)20-13-14-21-15(24-22-14)17(3,4)5/h6-13H2,1-5H3,(H2,18,19,20). The second-order valence-corrected chi connectivity index (χ2v) is 6.71. The number of aromatic nitrogens is 2. The molecule has 0 bridgehead atoms. The van der Waals surface area contributed by atoms with Gasteiger partial charge in [0.15, 0.2) is 11.8 Å². The van der Waals surface area contributed by atoms with Gasteiger partial charge in [0, 0.05) is 31.7 Å². The molecule has 0 amide bonds. The van der Waals surface area contributed by atoms with Crippen molar-refractivity contribution in [2.45, 2.75) is 65.8 Å². The van der Waals surface area contributed by atoms with E-state index in [1.54, 1.807) is 0 Å². The van der Waals surface area contributed by atoms with E-state index in [1.807, 2.05) is 27.7 Å². The fourth-order valence-corrected chi connectivity index (χ4v) is 1.84. The topological polar surface area (TPSA) is 84.6 Å². The van der Waals surface area contributed by atoms with Crippen LogP contribution in [-0.2, 0) is 16.7 Å². The predicted octanol–water partition coefficient (Wildman–Crippen LogP) is 2.63. The fourth-order valence-electron chi connectivity index (χ4n) is 1.84. The first-order valence-electron chi connectivity index (χ1n) is 8.90. The van der Waals surface area contributed by atoms with Crippen LogP contribution in [0, 0.1) is 0 Å². The van der Waals surface area contributed by atoms with E-state index in [0.717, 1.165) is 45.1 Å². The molecule has 0 aliphatic carbocycles. The number of nitrogens with one attached hydrogen (secondary N) is 2. The Kier molecular flexibility index (Phi) is 9.37. The number of guanidine groups is 1. The van der Waals surface area contributed by atoms with Crippen LogP contribution in [-0.4, -0.2) is 42.4 Å². The van der Waals surface area contributed by atoms with Crippen LogP contribution < -0.4 is 10.6 Å². The highest BCUT2D eigenvalue weighted by atomic mass is 16.5.